The van der Waals surface area contributed by atoms with E-state index < -0.39 is 0 Å². The minimum absolute atomic E-state index is 0. The van der Waals surface area contributed by atoms with Gasteiger partial charge in [-0.3, -0.25) is 9.59 Å². The van der Waals surface area contributed by atoms with Crippen LogP contribution < -0.4 is 16.0 Å². The second kappa shape index (κ2) is 6.89. The van der Waals surface area contributed by atoms with Gasteiger partial charge in [-0.15, -0.1) is 12.4 Å². The molecule has 6 heteroatoms. The van der Waals surface area contributed by atoms with Gasteiger partial charge in [-0.2, -0.15) is 0 Å². The normalized spacial score (nSPS) is 21.2. The van der Waals surface area contributed by atoms with E-state index in [4.69, 9.17) is 0 Å². The number of hydrogen-bond acceptors (Lipinski definition) is 3. The summed E-state index contributed by atoms with van der Waals surface area (Å²) in [5.41, 5.74) is 2.38. The summed E-state index contributed by atoms with van der Waals surface area (Å²) in [7, 11) is 1.61. The van der Waals surface area contributed by atoms with Crippen LogP contribution in [0.25, 0.3) is 0 Å². The standard InChI is InChI=1S/C17H23N3O2.ClH/c1-11-12(15(21)18-2)4-3-5-14(11)20-16(22)13-10-17(13)6-8-19-9-7-17;/h3-5,13,19H,6-10H2,1-2H3,(H,18,21)(H,20,22);1H. The fourth-order valence-electron chi connectivity index (χ4n) is 3.57. The zero-order chi connectivity index (χ0) is 15.7. The maximum Gasteiger partial charge on any atom is 0.251 e. The highest BCUT2D eigenvalue weighted by Gasteiger charge is 2.57. The van der Waals surface area contributed by atoms with E-state index in [-0.39, 0.29) is 35.6 Å². The molecule has 2 amide bonds. The molecule has 0 radical (unpaired) electrons. The van der Waals surface area contributed by atoms with Crippen LogP contribution in [0.2, 0.25) is 0 Å². The molecule has 1 atom stereocenters. The third-order valence-corrected chi connectivity index (χ3v) is 5.17. The van der Waals surface area contributed by atoms with E-state index in [1.54, 1.807) is 19.2 Å². The van der Waals surface area contributed by atoms with Crippen LogP contribution in [0.1, 0.15) is 35.2 Å². The van der Waals surface area contributed by atoms with Crippen LogP contribution in [0.15, 0.2) is 18.2 Å². The van der Waals surface area contributed by atoms with Gasteiger partial charge in [0.25, 0.3) is 5.91 Å². The summed E-state index contributed by atoms with van der Waals surface area (Å²) >= 11 is 0. The van der Waals surface area contributed by atoms with Crippen LogP contribution in [-0.4, -0.2) is 32.0 Å². The first kappa shape index (κ1) is 17.8. The molecule has 0 aromatic heterocycles. The minimum Gasteiger partial charge on any atom is -0.355 e. The zero-order valence-electron chi connectivity index (χ0n) is 13.6. The molecule has 5 nitrogen and oxygen atoms in total. The van der Waals surface area contributed by atoms with Gasteiger partial charge < -0.3 is 16.0 Å². The summed E-state index contributed by atoms with van der Waals surface area (Å²) in [6.45, 7) is 3.89. The molecule has 1 unspecified atom stereocenters. The van der Waals surface area contributed by atoms with Gasteiger partial charge in [0.15, 0.2) is 0 Å². The quantitative estimate of drug-likeness (QED) is 0.791. The van der Waals surface area contributed by atoms with Gasteiger partial charge in [0.2, 0.25) is 5.91 Å². The Morgan fingerprint density at radius 2 is 1.96 bits per heavy atom. The molecule has 1 spiro atoms. The first-order valence-corrected chi connectivity index (χ1v) is 7.91. The summed E-state index contributed by atoms with van der Waals surface area (Å²) in [6, 6.07) is 5.44. The molecule has 0 bridgehead atoms. The number of anilines is 1. The van der Waals surface area contributed by atoms with Gasteiger partial charge in [0, 0.05) is 24.2 Å². The first-order valence-electron chi connectivity index (χ1n) is 7.91. The third kappa shape index (κ3) is 3.35. The van der Waals surface area contributed by atoms with Crippen molar-refractivity contribution in [1.29, 1.82) is 0 Å². The maximum atomic E-state index is 12.5. The van der Waals surface area contributed by atoms with Crippen molar-refractivity contribution < 1.29 is 9.59 Å². The highest BCUT2D eigenvalue weighted by Crippen LogP contribution is 2.58. The van der Waals surface area contributed by atoms with Gasteiger partial charge in [0.1, 0.15) is 0 Å². The van der Waals surface area contributed by atoms with Crippen LogP contribution in [0.4, 0.5) is 5.69 Å². The van der Waals surface area contributed by atoms with Crippen molar-refractivity contribution >= 4 is 29.9 Å². The lowest BCUT2D eigenvalue weighted by atomic mass is 9.91. The lowest BCUT2D eigenvalue weighted by Gasteiger charge is -2.23. The molecule has 3 rings (SSSR count). The fourth-order valence-corrected chi connectivity index (χ4v) is 3.57. The number of rotatable bonds is 3. The predicted octanol–water partition coefficient (Wildman–Crippen LogP) is 2.10. The van der Waals surface area contributed by atoms with Crippen LogP contribution in [0.5, 0.6) is 0 Å². The molecule has 2 aliphatic rings. The van der Waals surface area contributed by atoms with Crippen molar-refractivity contribution in [3.8, 4) is 0 Å². The molecule has 126 valence electrons. The number of hydrogen-bond donors (Lipinski definition) is 3. The Morgan fingerprint density at radius 3 is 2.61 bits per heavy atom. The second-order valence-corrected chi connectivity index (χ2v) is 6.42. The van der Waals surface area contributed by atoms with Gasteiger partial charge in [-0.25, -0.2) is 0 Å². The maximum absolute atomic E-state index is 12.5. The first-order chi connectivity index (χ1) is 10.6. The van der Waals surface area contributed by atoms with Crippen molar-refractivity contribution in [2.75, 3.05) is 25.5 Å². The molecule has 23 heavy (non-hydrogen) atoms. The van der Waals surface area contributed by atoms with Crippen LogP contribution >= 0.6 is 12.4 Å². The molecule has 1 aliphatic carbocycles. The molecule has 1 heterocycles. The molecule has 1 saturated heterocycles. The Hall–Kier alpha value is -1.59. The molecule has 3 N–H and O–H groups in total. The number of piperidine rings is 1. The summed E-state index contributed by atoms with van der Waals surface area (Å²) in [6.07, 6.45) is 3.17. The summed E-state index contributed by atoms with van der Waals surface area (Å²) in [4.78, 5) is 24.3. The molecule has 1 aliphatic heterocycles. The van der Waals surface area contributed by atoms with Gasteiger partial charge in [-0.1, -0.05) is 6.07 Å². The van der Waals surface area contributed by atoms with E-state index in [0.717, 1.165) is 43.6 Å². The van der Waals surface area contributed by atoms with Gasteiger partial charge in [0.05, 0.1) is 0 Å². The lowest BCUT2D eigenvalue weighted by molar-refractivity contribution is -0.118. The SMILES string of the molecule is CNC(=O)c1cccc(NC(=O)C2CC23CCNCC3)c1C.Cl. The van der Waals surface area contributed by atoms with Crippen LogP contribution in [0.3, 0.4) is 0 Å². The predicted molar refractivity (Wildman–Crippen MR) is 93.1 cm³/mol. The Balaban J connectivity index is 0.00000192. The van der Waals surface area contributed by atoms with E-state index in [1.165, 1.54) is 0 Å². The Labute approximate surface area is 143 Å². The minimum atomic E-state index is -0.130. The zero-order valence-corrected chi connectivity index (χ0v) is 14.4. The van der Waals surface area contributed by atoms with Crippen molar-refractivity contribution in [3.63, 3.8) is 0 Å². The largest absolute Gasteiger partial charge is 0.355 e. The average molecular weight is 338 g/mol. The molecule has 1 saturated carbocycles. The van der Waals surface area contributed by atoms with E-state index in [1.807, 2.05) is 13.0 Å². The summed E-state index contributed by atoms with van der Waals surface area (Å²) in [5, 5.41) is 9.00. The van der Waals surface area contributed by atoms with Gasteiger partial charge in [-0.05, 0) is 62.4 Å². The van der Waals surface area contributed by atoms with E-state index in [0.29, 0.717) is 5.56 Å². The van der Waals surface area contributed by atoms with E-state index in [9.17, 15) is 9.59 Å². The molecule has 2 fully saturated rings. The Kier molecular flexibility index (Phi) is 5.32. The van der Waals surface area contributed by atoms with Crippen molar-refractivity contribution in [2.45, 2.75) is 26.2 Å². The van der Waals surface area contributed by atoms with E-state index in [2.05, 4.69) is 16.0 Å². The monoisotopic (exact) mass is 337 g/mol. The number of nitrogens with one attached hydrogen (secondary N) is 3. The van der Waals surface area contributed by atoms with Crippen LogP contribution in [-0.2, 0) is 4.79 Å². The van der Waals surface area contributed by atoms with Gasteiger partial charge >= 0.3 is 0 Å². The lowest BCUT2D eigenvalue weighted by Crippen LogP contribution is -2.31. The molecule has 1 aromatic rings. The molecular formula is C17H24ClN3O2. The fraction of sp³-hybridized carbons (Fsp3) is 0.529. The average Bonchev–Trinajstić information content (AvgIpc) is 3.22. The third-order valence-electron chi connectivity index (χ3n) is 5.17. The number of benzene rings is 1. The summed E-state index contributed by atoms with van der Waals surface area (Å²) in [5.74, 6) is 0.0894. The highest BCUT2D eigenvalue weighted by atomic mass is 35.5. The molecular weight excluding hydrogens is 314 g/mol. The topological polar surface area (TPSA) is 70.2 Å². The van der Waals surface area contributed by atoms with E-state index >= 15 is 0 Å². The number of halogens is 1. The van der Waals surface area contributed by atoms with Crippen LogP contribution in [0, 0.1) is 18.3 Å². The second-order valence-electron chi connectivity index (χ2n) is 6.42. The smallest absolute Gasteiger partial charge is 0.251 e. The number of amides is 2. The number of carbonyl (C=O) groups excluding carboxylic acids is 2. The number of carbonyl (C=O) groups is 2. The van der Waals surface area contributed by atoms with Crippen molar-refractivity contribution in [2.24, 2.45) is 11.3 Å². The molecule has 1 aromatic carbocycles. The Bertz CT molecular complexity index is 612. The van der Waals surface area contributed by atoms with Crippen molar-refractivity contribution in [1.82, 2.24) is 10.6 Å². The Morgan fingerprint density at radius 1 is 1.26 bits per heavy atom. The highest BCUT2D eigenvalue weighted by molar-refractivity contribution is 6.00. The summed E-state index contributed by atoms with van der Waals surface area (Å²) < 4.78 is 0. The van der Waals surface area contributed by atoms with Crippen molar-refractivity contribution in [3.05, 3.63) is 29.3 Å².